The van der Waals surface area contributed by atoms with Crippen molar-refractivity contribution in [2.24, 2.45) is 11.8 Å². The van der Waals surface area contributed by atoms with Gasteiger partial charge in [-0.15, -0.1) is 0 Å². The number of rotatable bonds is 2. The van der Waals surface area contributed by atoms with Crippen LogP contribution >= 0.6 is 0 Å². The normalized spacial score (nSPS) is 31.8. The Morgan fingerprint density at radius 3 is 2.79 bits per heavy atom. The van der Waals surface area contributed by atoms with Gasteiger partial charge in [0.05, 0.1) is 12.5 Å². The number of hydrogen-bond acceptors (Lipinski definition) is 8. The molecule has 39 heavy (non-hydrogen) atoms. The zero-order chi connectivity index (χ0) is 28.5. The number of carbonyl (C=O) groups excluding carboxylic acids is 3. The first-order valence-electron chi connectivity index (χ1n) is 13.3. The summed E-state index contributed by atoms with van der Waals surface area (Å²) in [6, 6.07) is -0.849. The summed E-state index contributed by atoms with van der Waals surface area (Å²) < 4.78 is 25.7. The molecule has 1 aromatic rings. The number of aliphatic hydroxyl groups is 2. The van der Waals surface area contributed by atoms with Crippen LogP contribution in [0.25, 0.3) is 0 Å². The van der Waals surface area contributed by atoms with Crippen molar-refractivity contribution in [3.05, 3.63) is 53.8 Å². The summed E-state index contributed by atoms with van der Waals surface area (Å²) in [5, 5.41) is 22.7. The predicted molar refractivity (Wildman–Crippen MR) is 140 cm³/mol. The first-order valence-corrected chi connectivity index (χ1v) is 13.3. The van der Waals surface area contributed by atoms with Crippen molar-refractivity contribution >= 4 is 17.8 Å². The predicted octanol–water partition coefficient (Wildman–Crippen LogP) is 2.28. The van der Waals surface area contributed by atoms with E-state index in [1.807, 2.05) is 0 Å². The van der Waals surface area contributed by atoms with Gasteiger partial charge in [0.2, 0.25) is 5.91 Å². The number of cyclic esters (lactones) is 1. The number of fused-ring (bicyclic) bond motifs is 3. The number of nitrogens with one attached hydrogen (secondary N) is 1. The third-order valence-electron chi connectivity index (χ3n) is 6.85. The Labute approximate surface area is 227 Å². The van der Waals surface area contributed by atoms with E-state index in [1.165, 1.54) is 17.1 Å². The van der Waals surface area contributed by atoms with Crippen LogP contribution in [0.3, 0.4) is 0 Å². The second-order valence-corrected chi connectivity index (χ2v) is 10.2. The molecule has 1 aromatic heterocycles. The van der Waals surface area contributed by atoms with Gasteiger partial charge in [-0.1, -0.05) is 43.7 Å². The summed E-state index contributed by atoms with van der Waals surface area (Å²) in [6.07, 6.45) is 6.33. The van der Waals surface area contributed by atoms with Crippen molar-refractivity contribution < 1.29 is 38.1 Å². The van der Waals surface area contributed by atoms with Gasteiger partial charge in [0, 0.05) is 38.0 Å². The van der Waals surface area contributed by atoms with Crippen LogP contribution < -0.4 is 5.32 Å². The summed E-state index contributed by atoms with van der Waals surface area (Å²) in [4.78, 5) is 44.1. The minimum Gasteiger partial charge on any atom is -0.460 e. The summed E-state index contributed by atoms with van der Waals surface area (Å²) in [7, 11) is 0. The number of oxazole rings is 1. The first-order chi connectivity index (χ1) is 18.6. The molecule has 1 fully saturated rings. The number of aliphatic hydroxyl groups excluding tert-OH is 2. The molecule has 2 amide bonds. The molecule has 0 radical (unpaired) electrons. The Morgan fingerprint density at radius 1 is 1.28 bits per heavy atom. The number of esters is 1. The minimum absolute atomic E-state index is 0.0172. The number of alkyl halides is 1. The maximum absolute atomic E-state index is 14.6. The number of allylic oxidation sites excluding steroid dienone is 2. The maximum atomic E-state index is 14.6. The molecule has 3 N–H and O–H groups in total. The lowest BCUT2D eigenvalue weighted by atomic mass is 9.93. The molecule has 6 atom stereocenters. The van der Waals surface area contributed by atoms with E-state index in [4.69, 9.17) is 9.15 Å². The van der Waals surface area contributed by atoms with E-state index in [2.05, 4.69) is 10.3 Å². The largest absolute Gasteiger partial charge is 0.460 e. The Kier molecular flexibility index (Phi) is 11.0. The summed E-state index contributed by atoms with van der Waals surface area (Å²) in [5.41, 5.74) is 0.651. The zero-order valence-electron chi connectivity index (χ0n) is 22.6. The molecule has 2 aliphatic heterocycles. The zero-order valence-corrected chi connectivity index (χ0v) is 22.6. The van der Waals surface area contributed by atoms with Crippen molar-refractivity contribution in [1.82, 2.24) is 15.2 Å². The standard InChI is InChI=1S/C28H38FN3O7/c1-17-6-4-10-30-24(35)9-8-18(2)26(19(3)15-33)39-28(37)23-7-5-11-32(23)27(36)22-16-38-25(31-22)14-20(29)13-21(34)12-17/h4,6,8-9,12,16,18-21,23,26,33-34H,5,7,10-11,13-15H2,1-3H3,(H,30,35)/b6-4+,9-8+,17-12+/t18-,19+,20-,21-,23-,26+/m1/s1. The maximum Gasteiger partial charge on any atom is 0.329 e. The molecular weight excluding hydrogens is 509 g/mol. The van der Waals surface area contributed by atoms with Crippen molar-refractivity contribution in [2.75, 3.05) is 19.7 Å². The second kappa shape index (κ2) is 14.2. The molecule has 214 valence electrons. The van der Waals surface area contributed by atoms with Crippen LogP contribution in [0, 0.1) is 11.8 Å². The number of ether oxygens (including phenoxy) is 1. The van der Waals surface area contributed by atoms with Gasteiger partial charge < -0.3 is 29.6 Å². The van der Waals surface area contributed by atoms with E-state index in [0.29, 0.717) is 25.0 Å². The molecule has 2 aliphatic rings. The third-order valence-corrected chi connectivity index (χ3v) is 6.85. The Balaban J connectivity index is 1.86. The lowest BCUT2D eigenvalue weighted by molar-refractivity contribution is -0.159. The molecule has 1 saturated heterocycles. The Hall–Kier alpha value is -3.31. The number of halogens is 1. The van der Waals surface area contributed by atoms with Crippen molar-refractivity contribution in [2.45, 2.75) is 70.9 Å². The number of hydrogen-bond donors (Lipinski definition) is 3. The second-order valence-electron chi connectivity index (χ2n) is 10.2. The Bertz CT molecular complexity index is 1100. The molecule has 0 aliphatic carbocycles. The van der Waals surface area contributed by atoms with Crippen LogP contribution in [0.4, 0.5) is 4.39 Å². The highest BCUT2D eigenvalue weighted by atomic mass is 19.1. The smallest absolute Gasteiger partial charge is 0.329 e. The molecule has 0 spiro atoms. The fourth-order valence-corrected chi connectivity index (χ4v) is 4.74. The average Bonchev–Trinajstić information content (AvgIpc) is 3.57. The highest BCUT2D eigenvalue weighted by Crippen LogP contribution is 2.25. The molecule has 0 aromatic carbocycles. The van der Waals surface area contributed by atoms with Gasteiger partial charge >= 0.3 is 5.97 Å². The average molecular weight is 548 g/mol. The van der Waals surface area contributed by atoms with Crippen LogP contribution in [0.5, 0.6) is 0 Å². The van der Waals surface area contributed by atoms with Crippen LogP contribution in [-0.2, 0) is 20.7 Å². The monoisotopic (exact) mass is 547 g/mol. The van der Waals surface area contributed by atoms with Crippen molar-refractivity contribution in [3.8, 4) is 0 Å². The van der Waals surface area contributed by atoms with E-state index in [0.717, 1.165) is 6.26 Å². The topological polar surface area (TPSA) is 142 Å². The van der Waals surface area contributed by atoms with Gasteiger partial charge in [0.25, 0.3) is 5.91 Å². The molecular formula is C28H38FN3O7. The third kappa shape index (κ3) is 8.59. The lowest BCUT2D eigenvalue weighted by Crippen LogP contribution is -2.44. The van der Waals surface area contributed by atoms with Gasteiger partial charge in [0.15, 0.2) is 11.6 Å². The van der Waals surface area contributed by atoms with E-state index in [9.17, 15) is 29.0 Å². The van der Waals surface area contributed by atoms with E-state index >= 15 is 0 Å². The van der Waals surface area contributed by atoms with Crippen molar-refractivity contribution in [1.29, 1.82) is 0 Å². The molecule has 0 saturated carbocycles. The van der Waals surface area contributed by atoms with Gasteiger partial charge in [-0.05, 0) is 25.8 Å². The van der Waals surface area contributed by atoms with E-state index in [-0.39, 0.29) is 43.5 Å². The molecule has 2 bridgehead atoms. The molecule has 10 nitrogen and oxygen atoms in total. The first kappa shape index (κ1) is 30.2. The van der Waals surface area contributed by atoms with Gasteiger partial charge in [-0.2, -0.15) is 0 Å². The van der Waals surface area contributed by atoms with Crippen LogP contribution in [0.15, 0.2) is 46.6 Å². The Morgan fingerprint density at radius 2 is 2.05 bits per heavy atom. The quantitative estimate of drug-likeness (QED) is 0.479. The molecule has 3 rings (SSSR count). The summed E-state index contributed by atoms with van der Waals surface area (Å²) in [5.74, 6) is -2.29. The highest BCUT2D eigenvalue weighted by molar-refractivity contribution is 5.95. The van der Waals surface area contributed by atoms with Crippen LogP contribution in [-0.4, -0.2) is 82.0 Å². The van der Waals surface area contributed by atoms with Crippen molar-refractivity contribution in [3.63, 3.8) is 0 Å². The SMILES string of the molecule is CC1=C\[C@@H](O)C[C@@H](F)Cc2nc(co2)C(=O)N2CCC[C@@H]2C(=O)O[C@H]([C@@H](C)CO)[C@H](C)/C=C/C(=O)NC\C=C\1. The minimum atomic E-state index is -1.47. The number of amides is 2. The fraction of sp³-hybridized carbons (Fsp3) is 0.571. The van der Waals surface area contributed by atoms with Crippen LogP contribution in [0.2, 0.25) is 0 Å². The number of nitrogens with zero attached hydrogens (tertiary/aromatic N) is 2. The van der Waals surface area contributed by atoms with E-state index in [1.54, 1.807) is 39.0 Å². The summed E-state index contributed by atoms with van der Waals surface area (Å²) in [6.45, 7) is 5.57. The molecule has 11 heteroatoms. The lowest BCUT2D eigenvalue weighted by Gasteiger charge is -2.30. The highest BCUT2D eigenvalue weighted by Gasteiger charge is 2.39. The van der Waals surface area contributed by atoms with Gasteiger partial charge in [-0.25, -0.2) is 14.2 Å². The summed E-state index contributed by atoms with van der Waals surface area (Å²) >= 11 is 0. The number of carbonyl (C=O) groups is 3. The van der Waals surface area contributed by atoms with Gasteiger partial charge in [0.1, 0.15) is 24.6 Å². The van der Waals surface area contributed by atoms with Gasteiger partial charge in [-0.3, -0.25) is 9.59 Å². The fourth-order valence-electron chi connectivity index (χ4n) is 4.74. The van der Waals surface area contributed by atoms with Crippen LogP contribution in [0.1, 0.15) is 56.4 Å². The van der Waals surface area contributed by atoms with E-state index < -0.39 is 48.1 Å². The molecule has 0 unspecified atom stereocenters. The molecule has 3 heterocycles. The number of aromatic nitrogens is 1.